The summed E-state index contributed by atoms with van der Waals surface area (Å²) in [7, 11) is 0. The molecule has 0 aromatic carbocycles. The topological polar surface area (TPSA) is 108 Å². The molecule has 0 fully saturated rings. The van der Waals surface area contributed by atoms with E-state index < -0.39 is 5.91 Å². The van der Waals surface area contributed by atoms with Gasteiger partial charge < -0.3 is 0 Å². The summed E-state index contributed by atoms with van der Waals surface area (Å²) in [5.41, 5.74) is 2.21. The molecule has 7 heteroatoms. The van der Waals surface area contributed by atoms with E-state index in [1.54, 1.807) is 12.1 Å². The maximum atomic E-state index is 12.4. The van der Waals surface area contributed by atoms with Crippen molar-refractivity contribution in [3.8, 4) is 0 Å². The second kappa shape index (κ2) is 5.51. The van der Waals surface area contributed by atoms with Crippen molar-refractivity contribution in [2.24, 2.45) is 0 Å². The van der Waals surface area contributed by atoms with E-state index in [0.717, 1.165) is 30.4 Å². The lowest BCUT2D eigenvalue weighted by Crippen LogP contribution is -2.31. The minimum atomic E-state index is -0.436. The van der Waals surface area contributed by atoms with Crippen LogP contribution >= 0.6 is 0 Å². The van der Waals surface area contributed by atoms with Crippen molar-refractivity contribution in [3.05, 3.63) is 46.8 Å². The first-order valence-electron chi connectivity index (χ1n) is 7.03. The van der Waals surface area contributed by atoms with E-state index in [1.807, 2.05) is 0 Å². The van der Waals surface area contributed by atoms with Gasteiger partial charge in [0.2, 0.25) is 5.95 Å². The van der Waals surface area contributed by atoms with Gasteiger partial charge in [0.05, 0.1) is 11.9 Å². The molecule has 0 saturated carbocycles. The first kappa shape index (κ1) is 14.1. The zero-order chi connectivity index (χ0) is 15.7. The first-order valence-corrected chi connectivity index (χ1v) is 7.03. The highest BCUT2D eigenvalue weighted by Crippen LogP contribution is 2.31. The molecule has 1 atom stereocenters. The van der Waals surface area contributed by atoms with E-state index in [1.165, 1.54) is 17.0 Å². The molecule has 0 aliphatic heterocycles. The third-order valence-corrected chi connectivity index (χ3v) is 3.93. The lowest BCUT2D eigenvalue weighted by Gasteiger charge is -2.13. The van der Waals surface area contributed by atoms with E-state index >= 15 is 0 Å². The summed E-state index contributed by atoms with van der Waals surface area (Å²) in [6.07, 6.45) is 5.95. The van der Waals surface area contributed by atoms with Crippen molar-refractivity contribution in [2.75, 3.05) is 5.32 Å². The Hall–Kier alpha value is -2.83. The van der Waals surface area contributed by atoms with Gasteiger partial charge in [-0.05, 0) is 36.5 Å². The number of anilines is 1. The fraction of sp³-hybridized carbons (Fsp3) is 0.267. The highest BCUT2D eigenvalue weighted by atomic mass is 16.1. The minimum absolute atomic E-state index is 0.0104. The second-order valence-corrected chi connectivity index (χ2v) is 5.27. The Morgan fingerprint density at radius 2 is 2.18 bits per heavy atom. The van der Waals surface area contributed by atoms with Crippen molar-refractivity contribution in [2.45, 2.75) is 25.7 Å². The van der Waals surface area contributed by atoms with Gasteiger partial charge in [0.15, 0.2) is 0 Å². The van der Waals surface area contributed by atoms with Crippen LogP contribution in [0.25, 0.3) is 0 Å². The first-order chi connectivity index (χ1) is 10.6. The number of carbonyl (C=O) groups is 1. The summed E-state index contributed by atoms with van der Waals surface area (Å²) >= 11 is 0. The number of amides is 1. The number of aromatic nitrogens is 3. The van der Waals surface area contributed by atoms with Gasteiger partial charge in [-0.3, -0.25) is 25.5 Å². The molecule has 1 aliphatic carbocycles. The molecule has 0 spiro atoms. The van der Waals surface area contributed by atoms with E-state index in [-0.39, 0.29) is 17.0 Å². The number of hydrogen-bond donors (Lipinski definition) is 3. The van der Waals surface area contributed by atoms with Crippen LogP contribution in [0.1, 0.15) is 40.9 Å². The highest BCUT2D eigenvalue weighted by molar-refractivity contribution is 6.03. The Kier molecular flexibility index (Phi) is 3.54. The molecule has 2 heterocycles. The molecule has 1 amide bonds. The van der Waals surface area contributed by atoms with Crippen LogP contribution in [0, 0.1) is 10.8 Å². The average molecular weight is 296 g/mol. The van der Waals surface area contributed by atoms with Crippen LogP contribution in [0.15, 0.2) is 24.5 Å². The predicted octanol–water partition coefficient (Wildman–Crippen LogP) is 1.51. The zero-order valence-corrected chi connectivity index (χ0v) is 12.1. The van der Waals surface area contributed by atoms with Crippen LogP contribution in [0.2, 0.25) is 0 Å². The highest BCUT2D eigenvalue weighted by Gasteiger charge is 2.25. The number of pyridine rings is 1. The fourth-order valence-corrected chi connectivity index (χ4v) is 2.76. The third kappa shape index (κ3) is 2.30. The van der Waals surface area contributed by atoms with Crippen molar-refractivity contribution < 1.29 is 4.79 Å². The van der Waals surface area contributed by atoms with Crippen LogP contribution in [-0.4, -0.2) is 26.8 Å². The molecule has 0 saturated heterocycles. The van der Waals surface area contributed by atoms with Gasteiger partial charge in [0.25, 0.3) is 5.91 Å². The van der Waals surface area contributed by atoms with E-state index in [0.29, 0.717) is 5.92 Å². The van der Waals surface area contributed by atoms with Crippen molar-refractivity contribution in [1.82, 2.24) is 14.5 Å². The summed E-state index contributed by atoms with van der Waals surface area (Å²) in [4.78, 5) is 20.3. The number of carbonyl (C=O) groups excluding carboxylic acids is 1. The number of rotatable bonds is 3. The van der Waals surface area contributed by atoms with Crippen LogP contribution in [0.3, 0.4) is 0 Å². The molecule has 0 radical (unpaired) electrons. The molecular formula is C15H16N6O. The quantitative estimate of drug-likeness (QED) is 0.590. The van der Waals surface area contributed by atoms with Crippen molar-refractivity contribution in [1.29, 1.82) is 10.8 Å². The summed E-state index contributed by atoms with van der Waals surface area (Å²) < 4.78 is 1.47. The molecule has 1 unspecified atom stereocenters. The second-order valence-electron chi connectivity index (χ2n) is 5.27. The maximum absolute atomic E-state index is 12.4. The van der Waals surface area contributed by atoms with E-state index in [4.69, 9.17) is 10.8 Å². The van der Waals surface area contributed by atoms with Gasteiger partial charge >= 0.3 is 0 Å². The van der Waals surface area contributed by atoms with Crippen molar-refractivity contribution in [3.63, 3.8) is 0 Å². The lowest BCUT2D eigenvalue weighted by atomic mass is 10.0. The van der Waals surface area contributed by atoms with E-state index in [2.05, 4.69) is 22.2 Å². The Bertz CT molecular complexity index is 796. The molecule has 112 valence electrons. The summed E-state index contributed by atoms with van der Waals surface area (Å²) in [5.74, 6) is 0.0804. The van der Waals surface area contributed by atoms with Crippen LogP contribution < -0.4 is 10.8 Å². The average Bonchev–Trinajstić information content (AvgIpc) is 2.88. The van der Waals surface area contributed by atoms with Crippen LogP contribution in [0.5, 0.6) is 0 Å². The molecule has 3 rings (SSSR count). The van der Waals surface area contributed by atoms with Gasteiger partial charge in [-0.15, -0.1) is 0 Å². The Balaban J connectivity index is 2.04. The van der Waals surface area contributed by atoms with Gasteiger partial charge in [0.1, 0.15) is 5.49 Å². The van der Waals surface area contributed by atoms with Gasteiger partial charge in [0, 0.05) is 18.1 Å². The summed E-state index contributed by atoms with van der Waals surface area (Å²) in [6, 6.07) is 3.42. The molecule has 3 N–H and O–H groups in total. The number of fused-ring (bicyclic) bond motifs is 1. The molecule has 22 heavy (non-hydrogen) atoms. The lowest BCUT2D eigenvalue weighted by molar-refractivity contribution is 0.102. The molecule has 2 aromatic rings. The monoisotopic (exact) mass is 296 g/mol. The summed E-state index contributed by atoms with van der Waals surface area (Å²) in [6.45, 7) is 2.09. The number of hydrogen-bond acceptors (Lipinski definition) is 5. The Labute approximate surface area is 127 Å². The van der Waals surface area contributed by atoms with Gasteiger partial charge in [-0.1, -0.05) is 6.92 Å². The standard InChI is InChI=1S/C15H16N6O/c1-9-3-4-12-10(9)7-11(13(17)21(12)8-16)14(22)20-15-18-5-2-6-19-15/h2,5-9,16-17H,3-4H2,1H3,(H,18,19,20,22). The van der Waals surface area contributed by atoms with Crippen LogP contribution in [0.4, 0.5) is 5.95 Å². The van der Waals surface area contributed by atoms with Crippen LogP contribution in [-0.2, 0) is 6.42 Å². The van der Waals surface area contributed by atoms with Gasteiger partial charge in [-0.25, -0.2) is 9.97 Å². The van der Waals surface area contributed by atoms with Gasteiger partial charge in [-0.2, -0.15) is 0 Å². The third-order valence-electron chi connectivity index (χ3n) is 3.93. The molecular weight excluding hydrogens is 280 g/mol. The van der Waals surface area contributed by atoms with Crippen molar-refractivity contribution >= 4 is 18.2 Å². The predicted molar refractivity (Wildman–Crippen MR) is 81.2 cm³/mol. The van der Waals surface area contributed by atoms with E-state index in [9.17, 15) is 4.79 Å². The largest absolute Gasteiger partial charge is 0.291 e. The Morgan fingerprint density at radius 1 is 1.45 bits per heavy atom. The minimum Gasteiger partial charge on any atom is -0.291 e. The number of nitrogens with one attached hydrogen (secondary N) is 3. The molecule has 2 aromatic heterocycles. The zero-order valence-electron chi connectivity index (χ0n) is 12.1. The smallest absolute Gasteiger partial charge is 0.261 e. The summed E-state index contributed by atoms with van der Waals surface area (Å²) in [5, 5.41) is 18.3. The Morgan fingerprint density at radius 3 is 2.86 bits per heavy atom. The molecule has 1 aliphatic rings. The fourth-order valence-electron chi connectivity index (χ4n) is 2.76. The molecule has 0 bridgehead atoms. The SMILES string of the molecule is CC1CCc2c1cc(C(=O)Nc1ncccn1)c(=N)n2C=N. The molecule has 7 nitrogen and oxygen atoms in total. The normalized spacial score (nSPS) is 16.1. The number of nitrogens with zero attached hydrogens (tertiary/aromatic N) is 3. The maximum Gasteiger partial charge on any atom is 0.261 e.